The number of nitriles is 1. The van der Waals surface area contributed by atoms with Gasteiger partial charge in [-0.3, -0.25) is 4.79 Å². The molecular formula is C14H16BrNO2. The van der Waals surface area contributed by atoms with Gasteiger partial charge in [-0.2, -0.15) is 5.26 Å². The molecule has 0 heterocycles. The van der Waals surface area contributed by atoms with E-state index in [2.05, 4.69) is 22.0 Å². The maximum Gasteiger partial charge on any atom is 0.310 e. The van der Waals surface area contributed by atoms with Gasteiger partial charge >= 0.3 is 5.97 Å². The largest absolute Gasteiger partial charge is 0.466 e. The summed E-state index contributed by atoms with van der Waals surface area (Å²) in [5, 5.41) is 9.80. The van der Waals surface area contributed by atoms with Crippen LogP contribution in [0.1, 0.15) is 36.1 Å². The van der Waals surface area contributed by atoms with Crippen LogP contribution in [0, 0.1) is 11.3 Å². The topological polar surface area (TPSA) is 50.1 Å². The molecule has 0 bridgehead atoms. The highest BCUT2D eigenvalue weighted by Gasteiger charge is 2.14. The van der Waals surface area contributed by atoms with Crippen molar-refractivity contribution in [2.45, 2.75) is 32.0 Å². The lowest BCUT2D eigenvalue weighted by Gasteiger charge is -2.12. The molecular weight excluding hydrogens is 294 g/mol. The Kier molecular flexibility index (Phi) is 5.87. The van der Waals surface area contributed by atoms with E-state index >= 15 is 0 Å². The predicted octanol–water partition coefficient (Wildman–Crippen LogP) is 3.12. The van der Waals surface area contributed by atoms with Gasteiger partial charge in [-0.1, -0.05) is 35.0 Å². The molecule has 0 atom stereocenters. The van der Waals surface area contributed by atoms with Crippen LogP contribution in [0.2, 0.25) is 0 Å². The monoisotopic (exact) mass is 309 g/mol. The summed E-state index contributed by atoms with van der Waals surface area (Å²) < 4.78 is 4.94. The van der Waals surface area contributed by atoms with Crippen LogP contribution >= 0.6 is 15.9 Å². The second-order valence-electron chi connectivity index (χ2n) is 3.82. The summed E-state index contributed by atoms with van der Waals surface area (Å²) in [6.45, 7) is 4.17. The molecule has 1 aromatic rings. The first-order valence-corrected chi connectivity index (χ1v) is 7.05. The molecule has 0 spiro atoms. The summed E-state index contributed by atoms with van der Waals surface area (Å²) in [6.07, 6.45) is 1.02. The molecule has 0 amide bonds. The van der Waals surface area contributed by atoms with Gasteiger partial charge in [0.15, 0.2) is 0 Å². The normalized spacial score (nSPS) is 9.89. The summed E-state index contributed by atoms with van der Waals surface area (Å²) >= 11 is 3.39. The van der Waals surface area contributed by atoms with Gasteiger partial charge in [-0.25, -0.2) is 0 Å². The molecule has 0 N–H and O–H groups in total. The van der Waals surface area contributed by atoms with Gasteiger partial charge in [-0.05, 0) is 30.0 Å². The number of halogens is 1. The minimum absolute atomic E-state index is 0.216. The number of aryl methyl sites for hydroxylation is 1. The van der Waals surface area contributed by atoms with E-state index < -0.39 is 0 Å². The molecule has 1 aromatic carbocycles. The third-order valence-corrected chi connectivity index (χ3v) is 3.32. The molecule has 0 aliphatic heterocycles. The Morgan fingerprint density at radius 1 is 1.39 bits per heavy atom. The van der Waals surface area contributed by atoms with Crippen LogP contribution < -0.4 is 0 Å². The van der Waals surface area contributed by atoms with Gasteiger partial charge in [0.1, 0.15) is 0 Å². The number of benzene rings is 1. The van der Waals surface area contributed by atoms with E-state index in [1.807, 2.05) is 19.1 Å². The van der Waals surface area contributed by atoms with Crippen molar-refractivity contribution in [1.29, 1.82) is 5.26 Å². The van der Waals surface area contributed by atoms with Crippen molar-refractivity contribution in [2.24, 2.45) is 0 Å². The second-order valence-corrected chi connectivity index (χ2v) is 4.38. The van der Waals surface area contributed by atoms with Gasteiger partial charge < -0.3 is 4.74 Å². The second kappa shape index (κ2) is 7.17. The van der Waals surface area contributed by atoms with Crippen LogP contribution in [0.5, 0.6) is 0 Å². The van der Waals surface area contributed by atoms with Gasteiger partial charge in [0.05, 0.1) is 24.7 Å². The molecule has 0 unspecified atom stereocenters. The molecule has 0 aromatic heterocycles. The molecule has 96 valence electrons. The number of carbonyl (C=O) groups excluding carboxylic acids is 1. The summed E-state index contributed by atoms with van der Waals surface area (Å²) in [5.74, 6) is -0.257. The van der Waals surface area contributed by atoms with Crippen molar-refractivity contribution in [1.82, 2.24) is 0 Å². The first-order chi connectivity index (χ1) is 8.67. The number of alkyl halides is 1. The molecule has 3 nitrogen and oxygen atoms in total. The Hall–Kier alpha value is -1.34. The average Bonchev–Trinajstić information content (AvgIpc) is 2.38. The SMILES string of the molecule is CCOC(=O)Cc1ccc(CC)c(C#N)c1CBr. The number of hydrogen-bond acceptors (Lipinski definition) is 3. The van der Waals surface area contributed by atoms with Crippen LogP contribution in [-0.4, -0.2) is 12.6 Å². The summed E-state index contributed by atoms with van der Waals surface area (Å²) in [6, 6.07) is 6.06. The summed E-state index contributed by atoms with van der Waals surface area (Å²) in [4.78, 5) is 11.5. The molecule has 0 saturated heterocycles. The Morgan fingerprint density at radius 3 is 2.56 bits per heavy atom. The summed E-state index contributed by atoms with van der Waals surface area (Å²) in [7, 11) is 0. The lowest BCUT2D eigenvalue weighted by Crippen LogP contribution is -2.10. The maximum absolute atomic E-state index is 11.5. The maximum atomic E-state index is 11.5. The van der Waals surface area contributed by atoms with E-state index in [-0.39, 0.29) is 12.4 Å². The van der Waals surface area contributed by atoms with Crippen molar-refractivity contribution in [3.05, 3.63) is 34.4 Å². The van der Waals surface area contributed by atoms with Gasteiger partial charge in [-0.15, -0.1) is 0 Å². The van der Waals surface area contributed by atoms with Crippen molar-refractivity contribution in [2.75, 3.05) is 6.61 Å². The van der Waals surface area contributed by atoms with Crippen molar-refractivity contribution in [3.63, 3.8) is 0 Å². The smallest absolute Gasteiger partial charge is 0.310 e. The lowest BCUT2D eigenvalue weighted by atomic mass is 9.95. The Morgan fingerprint density at radius 2 is 2.06 bits per heavy atom. The third kappa shape index (κ3) is 3.33. The van der Waals surface area contributed by atoms with E-state index in [4.69, 9.17) is 4.74 Å². The molecule has 0 fully saturated rings. The fourth-order valence-corrected chi connectivity index (χ4v) is 2.50. The Bertz CT molecular complexity index is 477. The number of nitrogens with zero attached hydrogens (tertiary/aromatic N) is 1. The molecule has 0 saturated carbocycles. The average molecular weight is 310 g/mol. The molecule has 0 radical (unpaired) electrons. The number of hydrogen-bond donors (Lipinski definition) is 0. The van der Waals surface area contributed by atoms with Crippen LogP contribution in [0.25, 0.3) is 0 Å². The van der Waals surface area contributed by atoms with Crippen LogP contribution in [0.15, 0.2) is 12.1 Å². The highest BCUT2D eigenvalue weighted by Crippen LogP contribution is 2.22. The fraction of sp³-hybridized carbons (Fsp3) is 0.429. The summed E-state index contributed by atoms with van der Waals surface area (Å²) in [5.41, 5.74) is 3.44. The zero-order valence-corrected chi connectivity index (χ0v) is 12.2. The fourth-order valence-electron chi connectivity index (χ4n) is 1.86. The minimum Gasteiger partial charge on any atom is -0.466 e. The number of carbonyl (C=O) groups is 1. The molecule has 1 rings (SSSR count). The molecule has 0 aliphatic carbocycles. The third-order valence-electron chi connectivity index (χ3n) is 2.76. The van der Waals surface area contributed by atoms with Crippen molar-refractivity contribution in [3.8, 4) is 6.07 Å². The van der Waals surface area contributed by atoms with E-state index in [1.54, 1.807) is 6.92 Å². The van der Waals surface area contributed by atoms with Crippen LogP contribution in [0.3, 0.4) is 0 Å². The number of ether oxygens (including phenoxy) is 1. The minimum atomic E-state index is -0.257. The standard InChI is InChI=1S/C14H16BrNO2/c1-3-10-5-6-11(7-14(17)18-4-2)12(8-15)13(10)9-16/h5-6H,3-4,7-8H2,1-2H3. The number of esters is 1. The van der Waals surface area contributed by atoms with Crippen LogP contribution in [0.4, 0.5) is 0 Å². The highest BCUT2D eigenvalue weighted by molar-refractivity contribution is 9.08. The molecule has 4 heteroatoms. The first kappa shape index (κ1) is 14.7. The Labute approximate surface area is 116 Å². The van der Waals surface area contributed by atoms with Gasteiger partial charge in [0, 0.05) is 5.33 Å². The van der Waals surface area contributed by atoms with Crippen molar-refractivity contribution < 1.29 is 9.53 Å². The molecule has 0 aliphatic rings. The number of rotatable bonds is 5. The van der Waals surface area contributed by atoms with E-state index in [0.717, 1.165) is 23.1 Å². The van der Waals surface area contributed by atoms with E-state index in [9.17, 15) is 10.1 Å². The van der Waals surface area contributed by atoms with Crippen molar-refractivity contribution >= 4 is 21.9 Å². The van der Waals surface area contributed by atoms with Gasteiger partial charge in [0.2, 0.25) is 0 Å². The van der Waals surface area contributed by atoms with E-state index in [1.165, 1.54) is 0 Å². The highest BCUT2D eigenvalue weighted by atomic mass is 79.9. The van der Waals surface area contributed by atoms with Gasteiger partial charge in [0.25, 0.3) is 0 Å². The Balaban J connectivity index is 3.14. The predicted molar refractivity (Wildman–Crippen MR) is 73.5 cm³/mol. The van der Waals surface area contributed by atoms with Crippen LogP contribution in [-0.2, 0) is 27.7 Å². The van der Waals surface area contributed by atoms with E-state index in [0.29, 0.717) is 17.5 Å². The zero-order valence-electron chi connectivity index (χ0n) is 10.6. The molecule has 18 heavy (non-hydrogen) atoms. The zero-order chi connectivity index (χ0) is 13.5. The quantitative estimate of drug-likeness (QED) is 0.620. The first-order valence-electron chi connectivity index (χ1n) is 5.93. The lowest BCUT2D eigenvalue weighted by molar-refractivity contribution is -0.142.